The fourth-order valence-electron chi connectivity index (χ4n) is 3.25. The number of hydrogen-bond acceptors (Lipinski definition) is 5. The molecule has 0 aliphatic carbocycles. The van der Waals surface area contributed by atoms with Crippen molar-refractivity contribution in [3.05, 3.63) is 95.8 Å². The number of carbonyl (C=O) groups excluding carboxylic acids is 3. The highest BCUT2D eigenvalue weighted by Gasteiger charge is 2.34. The maximum absolute atomic E-state index is 13.7. The molecular formula is C25H18FN3O4S. The second-order valence-corrected chi connectivity index (χ2v) is 7.53. The number of para-hydroxylation sites is 3. The second kappa shape index (κ2) is 10.1. The first-order valence-corrected chi connectivity index (χ1v) is 10.6. The Morgan fingerprint density at radius 1 is 1.00 bits per heavy atom. The van der Waals surface area contributed by atoms with Gasteiger partial charge in [-0.2, -0.15) is 0 Å². The number of nitrogens with one attached hydrogen (secondary N) is 2. The lowest BCUT2D eigenvalue weighted by molar-refractivity contribution is -0.122. The summed E-state index contributed by atoms with van der Waals surface area (Å²) in [4.78, 5) is 39.1. The topological polar surface area (TPSA) is 87.7 Å². The lowest BCUT2D eigenvalue weighted by Gasteiger charge is -2.28. The summed E-state index contributed by atoms with van der Waals surface area (Å²) in [6.07, 6.45) is 1.37. The van der Waals surface area contributed by atoms with Crippen LogP contribution in [0.3, 0.4) is 0 Å². The Hall–Kier alpha value is -4.37. The second-order valence-electron chi connectivity index (χ2n) is 7.15. The quantitative estimate of drug-likeness (QED) is 0.323. The summed E-state index contributed by atoms with van der Waals surface area (Å²) in [6.45, 7) is -0.408. The van der Waals surface area contributed by atoms with Gasteiger partial charge >= 0.3 is 0 Å². The van der Waals surface area contributed by atoms with E-state index in [1.54, 1.807) is 60.7 Å². The van der Waals surface area contributed by atoms with Gasteiger partial charge in [0, 0.05) is 5.56 Å². The van der Waals surface area contributed by atoms with Crippen molar-refractivity contribution in [2.75, 3.05) is 16.8 Å². The van der Waals surface area contributed by atoms with E-state index >= 15 is 0 Å². The molecule has 170 valence electrons. The summed E-state index contributed by atoms with van der Waals surface area (Å²) in [5.41, 5.74) is 0.801. The molecule has 1 fully saturated rings. The van der Waals surface area contributed by atoms with Gasteiger partial charge in [0.05, 0.1) is 11.4 Å². The molecule has 0 radical (unpaired) electrons. The third kappa shape index (κ3) is 5.00. The first kappa shape index (κ1) is 22.8. The maximum Gasteiger partial charge on any atom is 0.270 e. The Kier molecular flexibility index (Phi) is 6.74. The minimum absolute atomic E-state index is 0.0206. The molecule has 0 atom stereocenters. The van der Waals surface area contributed by atoms with E-state index in [2.05, 4.69) is 10.6 Å². The van der Waals surface area contributed by atoms with Gasteiger partial charge in [0.2, 0.25) is 0 Å². The molecule has 9 heteroatoms. The molecule has 1 aliphatic rings. The number of carbonyl (C=O) groups is 3. The number of benzene rings is 3. The normalized spacial score (nSPS) is 14.7. The van der Waals surface area contributed by atoms with Crippen LogP contribution in [0.15, 0.2) is 84.4 Å². The minimum atomic E-state index is -0.644. The van der Waals surface area contributed by atoms with E-state index in [4.69, 9.17) is 17.0 Å². The average molecular weight is 476 g/mol. The molecule has 34 heavy (non-hydrogen) atoms. The van der Waals surface area contributed by atoms with Crippen LogP contribution in [0.25, 0.3) is 6.08 Å². The number of rotatable bonds is 6. The van der Waals surface area contributed by atoms with Gasteiger partial charge in [-0.3, -0.25) is 24.6 Å². The van der Waals surface area contributed by atoms with Crippen molar-refractivity contribution in [1.82, 2.24) is 5.32 Å². The van der Waals surface area contributed by atoms with Crippen molar-refractivity contribution in [1.29, 1.82) is 0 Å². The van der Waals surface area contributed by atoms with Crippen molar-refractivity contribution in [3.8, 4) is 5.75 Å². The molecule has 0 bridgehead atoms. The predicted octanol–water partition coefficient (Wildman–Crippen LogP) is 3.67. The molecule has 0 saturated carbocycles. The molecule has 1 saturated heterocycles. The molecule has 0 spiro atoms. The van der Waals surface area contributed by atoms with E-state index in [9.17, 15) is 18.8 Å². The Balaban J connectivity index is 1.54. The van der Waals surface area contributed by atoms with Crippen LogP contribution in [-0.2, 0) is 14.4 Å². The fourth-order valence-corrected chi connectivity index (χ4v) is 3.53. The number of anilines is 2. The van der Waals surface area contributed by atoms with Gasteiger partial charge < -0.3 is 10.1 Å². The average Bonchev–Trinajstić information content (AvgIpc) is 2.83. The van der Waals surface area contributed by atoms with Gasteiger partial charge in [0.25, 0.3) is 17.7 Å². The number of halogens is 1. The first-order valence-electron chi connectivity index (χ1n) is 10.2. The molecule has 3 aromatic rings. The zero-order chi connectivity index (χ0) is 24.1. The van der Waals surface area contributed by atoms with Crippen LogP contribution in [-0.4, -0.2) is 29.4 Å². The SMILES string of the molecule is O=C(COc1ccccc1/C=C1/C(=O)NC(=S)N(c2ccccc2)C1=O)Nc1ccccc1F. The molecule has 1 heterocycles. The molecule has 2 N–H and O–H groups in total. The van der Waals surface area contributed by atoms with Crippen molar-refractivity contribution < 1.29 is 23.5 Å². The van der Waals surface area contributed by atoms with Crippen LogP contribution in [0.1, 0.15) is 5.56 Å². The zero-order valence-electron chi connectivity index (χ0n) is 17.7. The van der Waals surface area contributed by atoms with Crippen LogP contribution >= 0.6 is 12.2 Å². The molecule has 1 aliphatic heterocycles. The number of ether oxygens (including phenoxy) is 1. The fraction of sp³-hybridized carbons (Fsp3) is 0.0400. The summed E-state index contributed by atoms with van der Waals surface area (Å²) in [5.74, 6) is -2.11. The van der Waals surface area contributed by atoms with Gasteiger partial charge in [0.15, 0.2) is 11.7 Å². The molecule has 3 amide bonds. The van der Waals surface area contributed by atoms with Crippen LogP contribution in [0.5, 0.6) is 5.75 Å². The standard InChI is InChI=1S/C25H18FN3O4S/c26-19-11-5-6-12-20(19)27-22(30)15-33-21-13-7-4-8-16(21)14-18-23(31)28-25(34)29(24(18)32)17-9-2-1-3-10-17/h1-14H,15H2,(H,27,30)(H,28,31,34)/b18-14-. The molecular weight excluding hydrogens is 457 g/mol. The van der Waals surface area contributed by atoms with Crippen LogP contribution in [0.2, 0.25) is 0 Å². The smallest absolute Gasteiger partial charge is 0.270 e. The monoisotopic (exact) mass is 475 g/mol. The summed E-state index contributed by atoms with van der Waals surface area (Å²) in [7, 11) is 0. The zero-order valence-corrected chi connectivity index (χ0v) is 18.5. The molecule has 7 nitrogen and oxygen atoms in total. The Morgan fingerprint density at radius 2 is 1.68 bits per heavy atom. The Bertz CT molecular complexity index is 1310. The molecule has 3 aromatic carbocycles. The number of hydrogen-bond donors (Lipinski definition) is 2. The predicted molar refractivity (Wildman–Crippen MR) is 130 cm³/mol. The van der Waals surface area contributed by atoms with E-state index < -0.39 is 30.1 Å². The summed E-state index contributed by atoms with van der Waals surface area (Å²) in [6, 6.07) is 21.1. The van der Waals surface area contributed by atoms with Gasteiger partial charge in [-0.1, -0.05) is 48.5 Å². The lowest BCUT2D eigenvalue weighted by atomic mass is 10.1. The number of amides is 3. The van der Waals surface area contributed by atoms with Crippen molar-refractivity contribution in [2.45, 2.75) is 0 Å². The van der Waals surface area contributed by atoms with Gasteiger partial charge in [-0.15, -0.1) is 0 Å². The molecule has 0 aromatic heterocycles. The largest absolute Gasteiger partial charge is 0.483 e. The molecule has 0 unspecified atom stereocenters. The van der Waals surface area contributed by atoms with E-state index in [-0.39, 0.29) is 22.1 Å². The van der Waals surface area contributed by atoms with Crippen molar-refractivity contribution in [2.24, 2.45) is 0 Å². The van der Waals surface area contributed by atoms with E-state index in [0.29, 0.717) is 11.3 Å². The van der Waals surface area contributed by atoms with Crippen LogP contribution in [0, 0.1) is 5.82 Å². The Labute approximate surface area is 199 Å². The minimum Gasteiger partial charge on any atom is -0.483 e. The highest BCUT2D eigenvalue weighted by molar-refractivity contribution is 7.80. The van der Waals surface area contributed by atoms with Crippen LogP contribution < -0.4 is 20.3 Å². The molecule has 4 rings (SSSR count). The highest BCUT2D eigenvalue weighted by Crippen LogP contribution is 2.25. The van der Waals surface area contributed by atoms with E-state index in [1.165, 1.54) is 29.2 Å². The Morgan fingerprint density at radius 3 is 2.44 bits per heavy atom. The van der Waals surface area contributed by atoms with Crippen LogP contribution in [0.4, 0.5) is 15.8 Å². The maximum atomic E-state index is 13.7. The van der Waals surface area contributed by atoms with Crippen molar-refractivity contribution >= 4 is 52.5 Å². The lowest BCUT2D eigenvalue weighted by Crippen LogP contribution is -2.54. The van der Waals surface area contributed by atoms with Gasteiger partial charge in [-0.25, -0.2) is 4.39 Å². The van der Waals surface area contributed by atoms with Gasteiger partial charge in [-0.05, 0) is 48.6 Å². The number of nitrogens with zero attached hydrogens (tertiary/aromatic N) is 1. The summed E-state index contributed by atoms with van der Waals surface area (Å²) >= 11 is 5.19. The first-order chi connectivity index (χ1) is 16.4. The van der Waals surface area contributed by atoms with E-state index in [0.717, 1.165) is 0 Å². The van der Waals surface area contributed by atoms with Crippen molar-refractivity contribution in [3.63, 3.8) is 0 Å². The third-order valence-electron chi connectivity index (χ3n) is 4.84. The third-order valence-corrected chi connectivity index (χ3v) is 5.13. The summed E-state index contributed by atoms with van der Waals surface area (Å²) in [5, 5.41) is 4.93. The highest BCUT2D eigenvalue weighted by atomic mass is 32.1. The summed E-state index contributed by atoms with van der Waals surface area (Å²) < 4.78 is 19.3. The number of thiocarbonyl (C=S) groups is 1. The van der Waals surface area contributed by atoms with Gasteiger partial charge in [0.1, 0.15) is 17.1 Å². The van der Waals surface area contributed by atoms with E-state index in [1.807, 2.05) is 0 Å².